The summed E-state index contributed by atoms with van der Waals surface area (Å²) in [6.07, 6.45) is 0.838. The third-order valence-corrected chi connectivity index (χ3v) is 1.17. The summed E-state index contributed by atoms with van der Waals surface area (Å²) in [4.78, 5) is 0. The first-order valence-corrected chi connectivity index (χ1v) is 2.49. The Morgan fingerprint density at radius 2 is 2.29 bits per heavy atom. The monoisotopic (exact) mass is 102 g/mol. The van der Waals surface area contributed by atoms with Crippen molar-refractivity contribution in [2.45, 2.75) is 19.1 Å². The van der Waals surface area contributed by atoms with Crippen LogP contribution in [0.25, 0.3) is 0 Å². The Labute approximate surface area is 43.4 Å². The molecule has 2 nitrogen and oxygen atoms in total. The van der Waals surface area contributed by atoms with Crippen molar-refractivity contribution in [2.75, 3.05) is 13.7 Å². The van der Waals surface area contributed by atoms with E-state index in [1.807, 2.05) is 6.92 Å². The second-order valence-corrected chi connectivity index (χ2v) is 1.83. The number of methoxy groups -OCH3 is 1. The Bertz CT molecular complexity index is 63.1. The summed E-state index contributed by atoms with van der Waals surface area (Å²) in [5, 5.41) is 0. The molecule has 2 heteroatoms. The highest BCUT2D eigenvalue weighted by molar-refractivity contribution is 4.79. The molecule has 7 heavy (non-hydrogen) atoms. The second-order valence-electron chi connectivity index (χ2n) is 1.83. The molecule has 0 spiro atoms. The van der Waals surface area contributed by atoms with Crippen molar-refractivity contribution >= 4 is 0 Å². The first-order valence-electron chi connectivity index (χ1n) is 2.49. The van der Waals surface area contributed by atoms with Gasteiger partial charge in [0.05, 0.1) is 12.7 Å². The van der Waals surface area contributed by atoms with E-state index in [-0.39, 0.29) is 0 Å². The number of ether oxygens (including phenoxy) is 2. The van der Waals surface area contributed by atoms with Gasteiger partial charge in [0.1, 0.15) is 6.10 Å². The van der Waals surface area contributed by atoms with Gasteiger partial charge < -0.3 is 9.47 Å². The van der Waals surface area contributed by atoms with Gasteiger partial charge in [-0.1, -0.05) is 0 Å². The molecule has 0 aromatic rings. The molecule has 0 N–H and O–H groups in total. The van der Waals surface area contributed by atoms with Crippen LogP contribution in [0.4, 0.5) is 0 Å². The molecule has 1 heterocycles. The van der Waals surface area contributed by atoms with Crippen LogP contribution in [0.1, 0.15) is 6.92 Å². The zero-order chi connectivity index (χ0) is 5.28. The average molecular weight is 102 g/mol. The maximum atomic E-state index is 5.03. The fraction of sp³-hybridized carbons (Fsp3) is 1.00. The first-order chi connectivity index (χ1) is 3.34. The zero-order valence-corrected chi connectivity index (χ0v) is 4.68. The minimum absolute atomic E-state index is 0.394. The molecule has 0 bridgehead atoms. The molecule has 1 aliphatic heterocycles. The highest BCUT2D eigenvalue weighted by atomic mass is 16.6. The molecule has 0 radical (unpaired) electrons. The van der Waals surface area contributed by atoms with Gasteiger partial charge in [0.25, 0.3) is 0 Å². The predicted octanol–water partition coefficient (Wildman–Crippen LogP) is 0.420. The van der Waals surface area contributed by atoms with Crippen LogP contribution in [0.5, 0.6) is 0 Å². The standard InChI is InChI=1S/C5H10O2/c1-4-5(7-4)3-6-2/h4-5H,3H2,1-2H3/t4-,5-/m1/s1. The first kappa shape index (κ1) is 5.06. The molecular weight excluding hydrogens is 92.1 g/mol. The van der Waals surface area contributed by atoms with Gasteiger partial charge in [-0.2, -0.15) is 0 Å². The number of epoxide rings is 1. The molecule has 42 valence electrons. The molecule has 0 amide bonds. The normalized spacial score (nSPS) is 38.6. The largest absolute Gasteiger partial charge is 0.382 e. The van der Waals surface area contributed by atoms with Crippen LogP contribution in [-0.4, -0.2) is 25.9 Å². The van der Waals surface area contributed by atoms with Crippen molar-refractivity contribution in [3.8, 4) is 0 Å². The van der Waals surface area contributed by atoms with Gasteiger partial charge in [-0.3, -0.25) is 0 Å². The summed E-state index contributed by atoms with van der Waals surface area (Å²) in [6, 6.07) is 0. The van der Waals surface area contributed by atoms with E-state index in [4.69, 9.17) is 9.47 Å². The van der Waals surface area contributed by atoms with E-state index in [0.717, 1.165) is 6.61 Å². The van der Waals surface area contributed by atoms with Crippen molar-refractivity contribution in [3.63, 3.8) is 0 Å². The summed E-state index contributed by atoms with van der Waals surface area (Å²) in [5.74, 6) is 0. The van der Waals surface area contributed by atoms with Crippen LogP contribution in [-0.2, 0) is 9.47 Å². The Balaban J connectivity index is 1.98. The van der Waals surface area contributed by atoms with Crippen molar-refractivity contribution < 1.29 is 9.47 Å². The molecule has 0 aromatic carbocycles. The Hall–Kier alpha value is -0.0800. The minimum atomic E-state index is 0.394. The summed E-state index contributed by atoms with van der Waals surface area (Å²) in [6.45, 7) is 2.80. The zero-order valence-electron chi connectivity index (χ0n) is 4.68. The third kappa shape index (κ3) is 1.14. The Morgan fingerprint density at radius 3 is 2.43 bits per heavy atom. The van der Waals surface area contributed by atoms with E-state index in [1.54, 1.807) is 7.11 Å². The highest BCUT2D eigenvalue weighted by Crippen LogP contribution is 2.20. The average Bonchev–Trinajstić information content (AvgIpc) is 2.22. The van der Waals surface area contributed by atoms with Gasteiger partial charge in [-0.15, -0.1) is 0 Å². The van der Waals surface area contributed by atoms with E-state index in [0.29, 0.717) is 12.2 Å². The molecule has 1 fully saturated rings. The fourth-order valence-corrected chi connectivity index (χ4v) is 0.569. The quantitative estimate of drug-likeness (QED) is 0.471. The lowest BCUT2D eigenvalue weighted by Crippen LogP contribution is -1.98. The van der Waals surface area contributed by atoms with Gasteiger partial charge in [-0.25, -0.2) is 0 Å². The Morgan fingerprint density at radius 1 is 1.71 bits per heavy atom. The summed E-state index contributed by atoms with van der Waals surface area (Å²) >= 11 is 0. The van der Waals surface area contributed by atoms with Crippen molar-refractivity contribution in [3.05, 3.63) is 0 Å². The number of hydrogen-bond acceptors (Lipinski definition) is 2. The van der Waals surface area contributed by atoms with E-state index in [1.165, 1.54) is 0 Å². The van der Waals surface area contributed by atoms with Gasteiger partial charge >= 0.3 is 0 Å². The molecule has 1 saturated heterocycles. The highest BCUT2D eigenvalue weighted by Gasteiger charge is 2.33. The minimum Gasteiger partial charge on any atom is -0.382 e. The number of hydrogen-bond donors (Lipinski definition) is 0. The van der Waals surface area contributed by atoms with Gasteiger partial charge in [-0.05, 0) is 6.92 Å². The van der Waals surface area contributed by atoms with Crippen LogP contribution >= 0.6 is 0 Å². The molecule has 0 aromatic heterocycles. The Kier molecular flexibility index (Phi) is 1.30. The fourth-order valence-electron chi connectivity index (χ4n) is 0.569. The van der Waals surface area contributed by atoms with Gasteiger partial charge in [0.2, 0.25) is 0 Å². The maximum Gasteiger partial charge on any atom is 0.107 e. The van der Waals surface area contributed by atoms with E-state index in [2.05, 4.69) is 0 Å². The maximum absolute atomic E-state index is 5.03. The van der Waals surface area contributed by atoms with Crippen molar-refractivity contribution in [2.24, 2.45) is 0 Å². The smallest absolute Gasteiger partial charge is 0.107 e. The van der Waals surface area contributed by atoms with E-state index in [9.17, 15) is 0 Å². The van der Waals surface area contributed by atoms with Crippen molar-refractivity contribution in [1.82, 2.24) is 0 Å². The van der Waals surface area contributed by atoms with E-state index < -0.39 is 0 Å². The summed E-state index contributed by atoms with van der Waals surface area (Å²) in [5.41, 5.74) is 0. The summed E-state index contributed by atoms with van der Waals surface area (Å²) in [7, 11) is 1.69. The van der Waals surface area contributed by atoms with Crippen LogP contribution in [0.2, 0.25) is 0 Å². The molecule has 1 rings (SSSR count). The summed E-state index contributed by atoms with van der Waals surface area (Å²) < 4.78 is 9.84. The predicted molar refractivity (Wildman–Crippen MR) is 26.2 cm³/mol. The second kappa shape index (κ2) is 1.80. The topological polar surface area (TPSA) is 21.8 Å². The molecular formula is C5H10O2. The SMILES string of the molecule is COC[C@H]1O[C@@H]1C. The van der Waals surface area contributed by atoms with Crippen LogP contribution < -0.4 is 0 Å². The van der Waals surface area contributed by atoms with Crippen LogP contribution in [0.15, 0.2) is 0 Å². The number of rotatable bonds is 2. The molecule has 1 aliphatic rings. The lowest BCUT2D eigenvalue weighted by atomic mass is 10.4. The third-order valence-electron chi connectivity index (χ3n) is 1.17. The lowest BCUT2D eigenvalue weighted by molar-refractivity contribution is 0.171. The molecule has 0 aliphatic carbocycles. The van der Waals surface area contributed by atoms with Gasteiger partial charge in [0, 0.05) is 7.11 Å². The van der Waals surface area contributed by atoms with E-state index >= 15 is 0 Å². The molecule has 0 saturated carbocycles. The molecule has 0 unspecified atom stereocenters. The van der Waals surface area contributed by atoms with Crippen LogP contribution in [0, 0.1) is 0 Å². The van der Waals surface area contributed by atoms with Crippen LogP contribution in [0.3, 0.4) is 0 Å². The van der Waals surface area contributed by atoms with Gasteiger partial charge in [0.15, 0.2) is 0 Å². The molecule has 2 atom stereocenters. The van der Waals surface area contributed by atoms with Crippen molar-refractivity contribution in [1.29, 1.82) is 0 Å². The lowest BCUT2D eigenvalue weighted by Gasteiger charge is -1.86.